The lowest BCUT2D eigenvalue weighted by Crippen LogP contribution is -2.35. The highest BCUT2D eigenvalue weighted by Crippen LogP contribution is 2.24. The van der Waals surface area contributed by atoms with Gasteiger partial charge in [0.15, 0.2) is 5.58 Å². The van der Waals surface area contributed by atoms with Crippen molar-refractivity contribution >= 4 is 21.1 Å². The van der Waals surface area contributed by atoms with Crippen LogP contribution in [0.15, 0.2) is 32.3 Å². The molecular formula is C14H18N2O4S. The van der Waals surface area contributed by atoms with Gasteiger partial charge in [-0.05, 0) is 31.9 Å². The van der Waals surface area contributed by atoms with Crippen molar-refractivity contribution in [3.63, 3.8) is 0 Å². The molecule has 114 valence electrons. The van der Waals surface area contributed by atoms with Crippen LogP contribution in [0.5, 0.6) is 0 Å². The van der Waals surface area contributed by atoms with Crippen LogP contribution in [0.1, 0.15) is 26.2 Å². The molecule has 1 aromatic heterocycles. The Bertz CT molecular complexity index is 813. The highest BCUT2D eigenvalue weighted by atomic mass is 32.2. The minimum Gasteiger partial charge on any atom is -0.408 e. The molecule has 21 heavy (non-hydrogen) atoms. The van der Waals surface area contributed by atoms with Crippen LogP contribution >= 0.6 is 0 Å². The first-order valence-electron chi connectivity index (χ1n) is 7.17. The molecule has 1 fully saturated rings. The van der Waals surface area contributed by atoms with Crippen LogP contribution in [0.2, 0.25) is 0 Å². The van der Waals surface area contributed by atoms with Gasteiger partial charge in [0.25, 0.3) is 0 Å². The Morgan fingerprint density at radius 2 is 1.90 bits per heavy atom. The van der Waals surface area contributed by atoms with E-state index in [9.17, 15) is 13.2 Å². The zero-order chi connectivity index (χ0) is 15.0. The van der Waals surface area contributed by atoms with Crippen molar-refractivity contribution in [1.82, 2.24) is 8.87 Å². The van der Waals surface area contributed by atoms with E-state index in [1.54, 1.807) is 12.1 Å². The second-order valence-corrected chi connectivity index (χ2v) is 7.14. The fraction of sp³-hybridized carbons (Fsp3) is 0.500. The van der Waals surface area contributed by atoms with E-state index in [1.165, 1.54) is 14.9 Å². The standard InChI is InChI=1S/C14H18N2O4S/c1-2-16-12-7-6-11(10-13(12)20-14(16)17)21(18,19)15-8-4-3-5-9-15/h6-7,10H,2-5,8-9H2,1H3. The van der Waals surface area contributed by atoms with Gasteiger partial charge in [-0.3, -0.25) is 4.57 Å². The molecule has 1 aromatic carbocycles. The molecule has 0 saturated carbocycles. The number of piperidine rings is 1. The summed E-state index contributed by atoms with van der Waals surface area (Å²) in [5, 5.41) is 0. The molecule has 1 saturated heterocycles. The van der Waals surface area contributed by atoms with Gasteiger partial charge in [0.1, 0.15) is 0 Å². The number of hydrogen-bond acceptors (Lipinski definition) is 4. The molecule has 6 nitrogen and oxygen atoms in total. The molecule has 0 unspecified atom stereocenters. The van der Waals surface area contributed by atoms with E-state index in [4.69, 9.17) is 4.42 Å². The van der Waals surface area contributed by atoms with Gasteiger partial charge in [-0.1, -0.05) is 6.42 Å². The van der Waals surface area contributed by atoms with Crippen molar-refractivity contribution in [2.75, 3.05) is 13.1 Å². The molecule has 2 heterocycles. The van der Waals surface area contributed by atoms with Crippen molar-refractivity contribution in [2.45, 2.75) is 37.6 Å². The molecule has 3 rings (SSSR count). The van der Waals surface area contributed by atoms with E-state index >= 15 is 0 Å². The zero-order valence-electron chi connectivity index (χ0n) is 11.9. The summed E-state index contributed by atoms with van der Waals surface area (Å²) < 4.78 is 33.3. The first-order valence-corrected chi connectivity index (χ1v) is 8.61. The smallest absolute Gasteiger partial charge is 0.408 e. The van der Waals surface area contributed by atoms with Crippen LogP contribution < -0.4 is 5.76 Å². The zero-order valence-corrected chi connectivity index (χ0v) is 12.7. The molecule has 2 aromatic rings. The summed E-state index contributed by atoms with van der Waals surface area (Å²) >= 11 is 0. The summed E-state index contributed by atoms with van der Waals surface area (Å²) in [6.07, 6.45) is 2.85. The number of fused-ring (bicyclic) bond motifs is 1. The van der Waals surface area contributed by atoms with Crippen LogP contribution in [0.3, 0.4) is 0 Å². The summed E-state index contributed by atoms with van der Waals surface area (Å²) in [4.78, 5) is 11.9. The van der Waals surface area contributed by atoms with Crippen LogP contribution in [0, 0.1) is 0 Å². The van der Waals surface area contributed by atoms with Crippen molar-refractivity contribution in [2.24, 2.45) is 0 Å². The van der Waals surface area contributed by atoms with Gasteiger partial charge in [-0.15, -0.1) is 0 Å². The van der Waals surface area contributed by atoms with E-state index < -0.39 is 15.8 Å². The number of sulfonamides is 1. The van der Waals surface area contributed by atoms with Crippen LogP contribution in [0.4, 0.5) is 0 Å². The third kappa shape index (κ3) is 2.40. The summed E-state index contributed by atoms with van der Waals surface area (Å²) in [6.45, 7) is 3.44. The Morgan fingerprint density at radius 3 is 2.57 bits per heavy atom. The highest BCUT2D eigenvalue weighted by Gasteiger charge is 2.26. The average Bonchev–Trinajstić information content (AvgIpc) is 2.82. The van der Waals surface area contributed by atoms with Crippen LogP contribution in [-0.4, -0.2) is 30.4 Å². The molecule has 0 amide bonds. The van der Waals surface area contributed by atoms with E-state index in [-0.39, 0.29) is 4.90 Å². The molecule has 7 heteroatoms. The third-order valence-electron chi connectivity index (χ3n) is 3.91. The van der Waals surface area contributed by atoms with Gasteiger partial charge in [0, 0.05) is 25.7 Å². The number of rotatable bonds is 3. The van der Waals surface area contributed by atoms with Gasteiger partial charge >= 0.3 is 5.76 Å². The lowest BCUT2D eigenvalue weighted by molar-refractivity contribution is 0.346. The van der Waals surface area contributed by atoms with Crippen molar-refractivity contribution < 1.29 is 12.8 Å². The quantitative estimate of drug-likeness (QED) is 0.866. The maximum absolute atomic E-state index is 12.6. The van der Waals surface area contributed by atoms with E-state index in [0.717, 1.165) is 19.3 Å². The van der Waals surface area contributed by atoms with Crippen molar-refractivity contribution in [1.29, 1.82) is 0 Å². The number of aryl methyl sites for hydroxylation is 1. The maximum Gasteiger partial charge on any atom is 0.419 e. The first-order chi connectivity index (χ1) is 10.0. The molecule has 0 N–H and O–H groups in total. The molecule has 0 aliphatic carbocycles. The number of nitrogens with zero attached hydrogens (tertiary/aromatic N) is 2. The van der Waals surface area contributed by atoms with Crippen molar-refractivity contribution in [3.05, 3.63) is 28.7 Å². The summed E-state index contributed by atoms with van der Waals surface area (Å²) in [6, 6.07) is 4.64. The summed E-state index contributed by atoms with van der Waals surface area (Å²) in [5.74, 6) is -0.458. The van der Waals surface area contributed by atoms with E-state index in [0.29, 0.717) is 30.7 Å². The molecule has 0 spiro atoms. The van der Waals surface area contributed by atoms with Gasteiger partial charge in [0.2, 0.25) is 10.0 Å². The summed E-state index contributed by atoms with van der Waals surface area (Å²) in [5.41, 5.74) is 0.944. The Hall–Kier alpha value is -1.60. The second-order valence-electron chi connectivity index (χ2n) is 5.21. The molecular weight excluding hydrogens is 292 g/mol. The first kappa shape index (κ1) is 14.3. The predicted molar refractivity (Wildman–Crippen MR) is 78.8 cm³/mol. The maximum atomic E-state index is 12.6. The fourth-order valence-electron chi connectivity index (χ4n) is 2.76. The Kier molecular flexibility index (Phi) is 3.62. The predicted octanol–water partition coefficient (Wildman–Crippen LogP) is 1.79. The molecule has 0 atom stereocenters. The number of hydrogen-bond donors (Lipinski definition) is 0. The van der Waals surface area contributed by atoms with Crippen LogP contribution in [-0.2, 0) is 16.6 Å². The van der Waals surface area contributed by atoms with Gasteiger partial charge < -0.3 is 4.42 Å². The van der Waals surface area contributed by atoms with Gasteiger partial charge in [-0.2, -0.15) is 4.31 Å². The Labute approximate surface area is 123 Å². The normalized spacial score (nSPS) is 17.4. The largest absolute Gasteiger partial charge is 0.419 e. The lowest BCUT2D eigenvalue weighted by atomic mass is 10.2. The third-order valence-corrected chi connectivity index (χ3v) is 5.80. The Morgan fingerprint density at radius 1 is 1.19 bits per heavy atom. The second kappa shape index (κ2) is 5.31. The monoisotopic (exact) mass is 310 g/mol. The minimum absolute atomic E-state index is 0.189. The molecule has 1 aliphatic heterocycles. The van der Waals surface area contributed by atoms with Crippen LogP contribution in [0.25, 0.3) is 11.1 Å². The fourth-order valence-corrected chi connectivity index (χ4v) is 4.29. The minimum atomic E-state index is -3.50. The molecule has 0 bridgehead atoms. The summed E-state index contributed by atoms with van der Waals surface area (Å²) in [7, 11) is -3.50. The highest BCUT2D eigenvalue weighted by molar-refractivity contribution is 7.89. The lowest BCUT2D eigenvalue weighted by Gasteiger charge is -2.25. The number of benzene rings is 1. The van der Waals surface area contributed by atoms with Gasteiger partial charge in [-0.25, -0.2) is 13.2 Å². The average molecular weight is 310 g/mol. The number of oxazole rings is 1. The molecule has 1 aliphatic rings. The SMILES string of the molecule is CCn1c(=O)oc2cc(S(=O)(=O)N3CCCCC3)ccc21. The van der Waals surface area contributed by atoms with Crippen molar-refractivity contribution in [3.8, 4) is 0 Å². The number of aromatic nitrogens is 1. The Balaban J connectivity index is 2.06. The molecule has 0 radical (unpaired) electrons. The van der Waals surface area contributed by atoms with E-state index in [2.05, 4.69) is 0 Å². The topological polar surface area (TPSA) is 72.5 Å². The van der Waals surface area contributed by atoms with E-state index in [1.807, 2.05) is 6.92 Å². The van der Waals surface area contributed by atoms with Gasteiger partial charge in [0.05, 0.1) is 10.4 Å².